The van der Waals surface area contributed by atoms with Gasteiger partial charge in [0.05, 0.1) is 19.2 Å². The third-order valence-corrected chi connectivity index (χ3v) is 2.48. The molecule has 100 valence electrons. The van der Waals surface area contributed by atoms with Crippen LogP contribution in [0.15, 0.2) is 34.9 Å². The zero-order chi connectivity index (χ0) is 13.8. The summed E-state index contributed by atoms with van der Waals surface area (Å²) >= 11 is 0. The van der Waals surface area contributed by atoms with E-state index in [1.165, 1.54) is 25.5 Å². The van der Waals surface area contributed by atoms with Crippen molar-refractivity contribution >= 4 is 11.7 Å². The van der Waals surface area contributed by atoms with Crippen molar-refractivity contribution in [3.63, 3.8) is 0 Å². The molecule has 19 heavy (non-hydrogen) atoms. The highest BCUT2D eigenvalue weighted by molar-refractivity contribution is 5.88. The third-order valence-electron chi connectivity index (χ3n) is 2.48. The Bertz CT molecular complexity index is 575. The maximum atomic E-state index is 13.3. The first kappa shape index (κ1) is 13.1. The fraction of sp³-hybridized carbons (Fsp3) is 0.154. The Morgan fingerprint density at radius 3 is 2.68 bits per heavy atom. The van der Waals surface area contributed by atoms with Crippen molar-refractivity contribution in [1.29, 1.82) is 0 Å². The van der Waals surface area contributed by atoms with Crippen molar-refractivity contribution in [3.05, 3.63) is 53.5 Å². The van der Waals surface area contributed by atoms with E-state index in [1.54, 1.807) is 0 Å². The van der Waals surface area contributed by atoms with Crippen molar-refractivity contribution in [2.75, 3.05) is 12.4 Å². The molecule has 0 atom stereocenters. The van der Waals surface area contributed by atoms with E-state index in [1.807, 2.05) is 0 Å². The van der Waals surface area contributed by atoms with Gasteiger partial charge in [-0.15, -0.1) is 0 Å². The zero-order valence-corrected chi connectivity index (χ0v) is 10.1. The summed E-state index contributed by atoms with van der Waals surface area (Å²) < 4.78 is 36.3. The number of rotatable bonds is 4. The molecule has 0 saturated carbocycles. The fourth-order valence-electron chi connectivity index (χ4n) is 1.54. The number of anilines is 1. The van der Waals surface area contributed by atoms with Crippen LogP contribution in [0.1, 0.15) is 16.1 Å². The minimum atomic E-state index is -0.695. The first-order chi connectivity index (χ1) is 9.11. The second kappa shape index (κ2) is 5.51. The van der Waals surface area contributed by atoms with Crippen LogP contribution in [0, 0.1) is 11.6 Å². The van der Waals surface area contributed by atoms with Gasteiger partial charge in [-0.25, -0.2) is 13.6 Å². The molecule has 0 bridgehead atoms. The van der Waals surface area contributed by atoms with Crippen molar-refractivity contribution in [3.8, 4) is 0 Å². The van der Waals surface area contributed by atoms with E-state index in [0.717, 1.165) is 12.1 Å². The lowest BCUT2D eigenvalue weighted by molar-refractivity contribution is 0.0600. The number of methoxy groups -OCH3 is 1. The molecule has 0 aliphatic carbocycles. The van der Waals surface area contributed by atoms with E-state index >= 15 is 0 Å². The number of esters is 1. The third kappa shape index (κ3) is 2.90. The highest BCUT2D eigenvalue weighted by Gasteiger charge is 2.12. The number of furan rings is 1. The van der Waals surface area contributed by atoms with Gasteiger partial charge in [0, 0.05) is 0 Å². The van der Waals surface area contributed by atoms with Crippen LogP contribution in [0.25, 0.3) is 0 Å². The normalized spacial score (nSPS) is 10.3. The highest BCUT2D eigenvalue weighted by atomic mass is 19.1. The van der Waals surface area contributed by atoms with Crippen LogP contribution in [0.2, 0.25) is 0 Å². The SMILES string of the molecule is COC(=O)c1coc(CNc2c(F)cccc2F)c1. The van der Waals surface area contributed by atoms with Crippen molar-refractivity contribution in [1.82, 2.24) is 0 Å². The molecule has 1 aromatic carbocycles. The van der Waals surface area contributed by atoms with Crippen molar-refractivity contribution < 1.29 is 22.7 Å². The summed E-state index contributed by atoms with van der Waals surface area (Å²) in [5, 5.41) is 2.57. The number of hydrogen-bond donors (Lipinski definition) is 1. The molecule has 1 N–H and O–H groups in total. The van der Waals surface area contributed by atoms with Gasteiger partial charge >= 0.3 is 5.97 Å². The number of benzene rings is 1. The van der Waals surface area contributed by atoms with E-state index in [4.69, 9.17) is 4.42 Å². The van der Waals surface area contributed by atoms with Crippen LogP contribution in [0.5, 0.6) is 0 Å². The lowest BCUT2D eigenvalue weighted by Crippen LogP contribution is -2.03. The van der Waals surface area contributed by atoms with Crippen LogP contribution in [0.3, 0.4) is 0 Å². The van der Waals surface area contributed by atoms with Gasteiger partial charge in [0.25, 0.3) is 0 Å². The minimum absolute atomic E-state index is 0.0504. The van der Waals surface area contributed by atoms with E-state index in [2.05, 4.69) is 10.1 Å². The summed E-state index contributed by atoms with van der Waals surface area (Å²) in [6, 6.07) is 5.01. The Kier molecular flexibility index (Phi) is 3.79. The number of hydrogen-bond acceptors (Lipinski definition) is 4. The van der Waals surface area contributed by atoms with Gasteiger partial charge < -0.3 is 14.5 Å². The lowest BCUT2D eigenvalue weighted by atomic mass is 10.2. The minimum Gasteiger partial charge on any atom is -0.467 e. The van der Waals surface area contributed by atoms with Crippen LogP contribution < -0.4 is 5.32 Å². The van der Waals surface area contributed by atoms with Crippen LogP contribution >= 0.6 is 0 Å². The summed E-state index contributed by atoms with van der Waals surface area (Å²) in [6.45, 7) is 0.0504. The summed E-state index contributed by atoms with van der Waals surface area (Å²) in [5.41, 5.74) is 0.00632. The van der Waals surface area contributed by atoms with Gasteiger partial charge in [0.1, 0.15) is 29.3 Å². The maximum absolute atomic E-state index is 13.3. The van der Waals surface area contributed by atoms with Gasteiger partial charge in [-0.3, -0.25) is 0 Å². The van der Waals surface area contributed by atoms with E-state index in [-0.39, 0.29) is 17.8 Å². The predicted octanol–water partition coefficient (Wildman–Crippen LogP) is 2.96. The number of halogens is 2. The second-order valence-corrected chi connectivity index (χ2v) is 3.74. The molecule has 4 nitrogen and oxygen atoms in total. The molecule has 1 heterocycles. The first-order valence-corrected chi connectivity index (χ1v) is 5.45. The Hall–Kier alpha value is -2.37. The topological polar surface area (TPSA) is 51.5 Å². The van der Waals surface area contributed by atoms with Gasteiger partial charge in [-0.2, -0.15) is 0 Å². The molecule has 0 unspecified atom stereocenters. The molecule has 0 spiro atoms. The quantitative estimate of drug-likeness (QED) is 0.865. The van der Waals surface area contributed by atoms with E-state index < -0.39 is 17.6 Å². The summed E-state index contributed by atoms with van der Waals surface area (Å²) in [6.07, 6.45) is 1.22. The Labute approximate surface area is 108 Å². The van der Waals surface area contributed by atoms with Gasteiger partial charge in [0.2, 0.25) is 0 Å². The molecule has 0 amide bonds. The molecule has 0 fully saturated rings. The molecule has 2 aromatic rings. The molecule has 0 aliphatic rings. The number of nitrogens with one attached hydrogen (secondary N) is 1. The number of para-hydroxylation sites is 1. The Balaban J connectivity index is 2.07. The molecule has 2 rings (SSSR count). The number of carbonyl (C=O) groups excluding carboxylic acids is 1. The van der Waals surface area contributed by atoms with Gasteiger partial charge in [-0.05, 0) is 18.2 Å². The highest BCUT2D eigenvalue weighted by Crippen LogP contribution is 2.19. The molecule has 6 heteroatoms. The fourth-order valence-corrected chi connectivity index (χ4v) is 1.54. The predicted molar refractivity (Wildman–Crippen MR) is 63.7 cm³/mol. The standard InChI is InChI=1S/C13H11F2NO3/c1-18-13(17)8-5-9(19-7-8)6-16-12-10(14)3-2-4-11(12)15/h2-5,7,16H,6H2,1H3. The lowest BCUT2D eigenvalue weighted by Gasteiger charge is -2.06. The number of ether oxygens (including phenoxy) is 1. The average Bonchev–Trinajstić information content (AvgIpc) is 2.86. The smallest absolute Gasteiger partial charge is 0.341 e. The maximum Gasteiger partial charge on any atom is 0.341 e. The van der Waals surface area contributed by atoms with Gasteiger partial charge in [0.15, 0.2) is 0 Å². The van der Waals surface area contributed by atoms with Crippen LogP contribution in [-0.4, -0.2) is 13.1 Å². The summed E-state index contributed by atoms with van der Waals surface area (Å²) in [4.78, 5) is 11.2. The summed E-state index contributed by atoms with van der Waals surface area (Å²) in [7, 11) is 1.25. The van der Waals surface area contributed by atoms with Gasteiger partial charge in [-0.1, -0.05) is 6.07 Å². The molecule has 1 aromatic heterocycles. The largest absolute Gasteiger partial charge is 0.467 e. The van der Waals surface area contributed by atoms with E-state index in [9.17, 15) is 13.6 Å². The Morgan fingerprint density at radius 1 is 1.37 bits per heavy atom. The zero-order valence-electron chi connectivity index (χ0n) is 10.1. The molecule has 0 saturated heterocycles. The second-order valence-electron chi connectivity index (χ2n) is 3.74. The average molecular weight is 267 g/mol. The monoisotopic (exact) mass is 267 g/mol. The van der Waals surface area contributed by atoms with Crippen molar-refractivity contribution in [2.45, 2.75) is 6.54 Å². The van der Waals surface area contributed by atoms with Crippen LogP contribution in [0.4, 0.5) is 14.5 Å². The molecular weight excluding hydrogens is 256 g/mol. The van der Waals surface area contributed by atoms with Crippen molar-refractivity contribution in [2.24, 2.45) is 0 Å². The molecule has 0 radical (unpaired) electrons. The summed E-state index contributed by atoms with van der Waals surface area (Å²) in [5.74, 6) is -1.56. The first-order valence-electron chi connectivity index (χ1n) is 5.45. The van der Waals surface area contributed by atoms with Crippen LogP contribution in [-0.2, 0) is 11.3 Å². The van der Waals surface area contributed by atoms with E-state index in [0.29, 0.717) is 5.76 Å². The molecule has 0 aliphatic heterocycles. The Morgan fingerprint density at radius 2 is 2.05 bits per heavy atom. The number of carbonyl (C=O) groups is 1. The molecular formula is C13H11F2NO3.